The van der Waals surface area contributed by atoms with Crippen molar-refractivity contribution in [3.63, 3.8) is 0 Å². The molecule has 6 rings (SSSR count). The van der Waals surface area contributed by atoms with Crippen molar-refractivity contribution in [2.75, 3.05) is 10.2 Å². The number of aromatic amines is 1. The predicted octanol–water partition coefficient (Wildman–Crippen LogP) is 4.18. The van der Waals surface area contributed by atoms with E-state index in [1.54, 1.807) is 41.6 Å². The Kier molecular flexibility index (Phi) is 5.85. The largest absolute Gasteiger partial charge is 0.331 e. The van der Waals surface area contributed by atoms with Gasteiger partial charge in [0.05, 0.1) is 40.9 Å². The highest BCUT2D eigenvalue weighted by Gasteiger charge is 2.46. The molecule has 1 amide bonds. The van der Waals surface area contributed by atoms with Crippen molar-refractivity contribution in [3.8, 4) is 6.07 Å². The molecule has 9 nitrogen and oxygen atoms in total. The van der Waals surface area contributed by atoms with Gasteiger partial charge < -0.3 is 10.6 Å². The number of guanidine groups is 1. The first kappa shape index (κ1) is 23.2. The van der Waals surface area contributed by atoms with Crippen molar-refractivity contribution >= 4 is 34.1 Å². The molecule has 1 aliphatic carbocycles. The number of amides is 1. The van der Waals surface area contributed by atoms with Gasteiger partial charge in [0.25, 0.3) is 0 Å². The Labute approximate surface area is 213 Å². The maximum absolute atomic E-state index is 14.2. The van der Waals surface area contributed by atoms with Crippen LogP contribution in [0.1, 0.15) is 44.6 Å². The number of hydrogen-bond donors (Lipinski definition) is 3. The van der Waals surface area contributed by atoms with Crippen molar-refractivity contribution in [2.45, 2.75) is 57.3 Å². The number of aromatic nitrogens is 2. The minimum absolute atomic E-state index is 0.0461. The number of H-pyrrole nitrogens is 1. The van der Waals surface area contributed by atoms with Crippen LogP contribution in [-0.4, -0.2) is 45.2 Å². The standard InChI is InChI=1S/C27H27FN8O/c1-16-26(37)36(19-9-5-6-17(12-19)13-29)23-15-30-27(33-25(23)35(16)18-7-3-2-4-8-18)32-22-11-10-21(28)24-20(22)14-31-34-24/h5-6,9-12,14-16,18,25H,2-4,7-8H2,1H3,(H,31,34)(H2,30,32,33)/t16-,25?/m1/s1. The number of aliphatic imine (C=N–C) groups is 1. The highest BCUT2D eigenvalue weighted by Crippen LogP contribution is 2.37. The fourth-order valence-corrected chi connectivity index (χ4v) is 5.69. The lowest BCUT2D eigenvalue weighted by molar-refractivity contribution is -0.127. The van der Waals surface area contributed by atoms with Crippen molar-refractivity contribution in [3.05, 3.63) is 65.9 Å². The van der Waals surface area contributed by atoms with Gasteiger partial charge in [-0.2, -0.15) is 10.4 Å². The molecule has 1 aromatic heterocycles. The summed E-state index contributed by atoms with van der Waals surface area (Å²) in [7, 11) is 0. The lowest BCUT2D eigenvalue weighted by atomic mass is 9.91. The number of anilines is 2. The molecular weight excluding hydrogens is 471 g/mol. The number of benzene rings is 2. The molecule has 2 aromatic carbocycles. The summed E-state index contributed by atoms with van der Waals surface area (Å²) in [5.41, 5.74) is 2.82. The van der Waals surface area contributed by atoms with Crippen LogP contribution in [0.25, 0.3) is 10.9 Å². The molecule has 188 valence electrons. The molecule has 3 heterocycles. The molecule has 0 radical (unpaired) electrons. The number of carbonyl (C=O) groups is 1. The summed E-state index contributed by atoms with van der Waals surface area (Å²) in [4.78, 5) is 22.7. The third-order valence-corrected chi connectivity index (χ3v) is 7.49. The number of nitrogens with one attached hydrogen (secondary N) is 3. The van der Waals surface area contributed by atoms with E-state index >= 15 is 0 Å². The highest BCUT2D eigenvalue weighted by molar-refractivity contribution is 6.05. The third-order valence-electron chi connectivity index (χ3n) is 7.49. The van der Waals surface area contributed by atoms with Crippen LogP contribution in [0.2, 0.25) is 0 Å². The Hall–Kier alpha value is -4.23. The molecule has 2 aliphatic heterocycles. The maximum atomic E-state index is 14.2. The van der Waals surface area contributed by atoms with E-state index in [4.69, 9.17) is 4.99 Å². The number of carbonyl (C=O) groups excluding carboxylic acids is 1. The van der Waals surface area contributed by atoms with Crippen molar-refractivity contribution in [1.82, 2.24) is 20.4 Å². The molecular formula is C27H27FN8O. The molecule has 1 saturated carbocycles. The molecule has 1 saturated heterocycles. The normalized spacial score (nSPS) is 22.6. The van der Waals surface area contributed by atoms with Crippen LogP contribution >= 0.6 is 0 Å². The Morgan fingerprint density at radius 3 is 2.84 bits per heavy atom. The van der Waals surface area contributed by atoms with Crippen molar-refractivity contribution in [2.24, 2.45) is 4.99 Å². The molecule has 3 N–H and O–H groups in total. The van der Waals surface area contributed by atoms with E-state index in [1.807, 2.05) is 13.0 Å². The van der Waals surface area contributed by atoms with Crippen LogP contribution in [0.4, 0.5) is 15.8 Å². The lowest BCUT2D eigenvalue weighted by Crippen LogP contribution is -2.64. The zero-order chi connectivity index (χ0) is 25.5. The number of nitriles is 1. The summed E-state index contributed by atoms with van der Waals surface area (Å²) in [6.07, 6.45) is 8.46. The Morgan fingerprint density at radius 2 is 2.03 bits per heavy atom. The van der Waals surface area contributed by atoms with Crippen LogP contribution in [-0.2, 0) is 4.79 Å². The van der Waals surface area contributed by atoms with Gasteiger partial charge in [0.15, 0.2) is 0 Å². The van der Waals surface area contributed by atoms with Gasteiger partial charge in [-0.1, -0.05) is 25.3 Å². The fraction of sp³-hybridized carbons (Fsp3) is 0.333. The van der Waals surface area contributed by atoms with Gasteiger partial charge in [0.1, 0.15) is 17.5 Å². The van der Waals surface area contributed by atoms with Crippen LogP contribution in [0, 0.1) is 17.1 Å². The molecule has 3 aliphatic rings. The third kappa shape index (κ3) is 4.01. The van der Waals surface area contributed by atoms with Gasteiger partial charge in [-0.15, -0.1) is 0 Å². The minimum Gasteiger partial charge on any atom is -0.331 e. The van der Waals surface area contributed by atoms with Gasteiger partial charge >= 0.3 is 0 Å². The van der Waals surface area contributed by atoms with Crippen LogP contribution in [0.15, 0.2) is 59.5 Å². The van der Waals surface area contributed by atoms with Gasteiger partial charge in [-0.25, -0.2) is 9.38 Å². The van der Waals surface area contributed by atoms with E-state index in [2.05, 4.69) is 31.8 Å². The highest BCUT2D eigenvalue weighted by atomic mass is 19.1. The molecule has 37 heavy (non-hydrogen) atoms. The first-order valence-electron chi connectivity index (χ1n) is 12.6. The van der Waals surface area contributed by atoms with Gasteiger partial charge in [-0.3, -0.25) is 19.7 Å². The van der Waals surface area contributed by atoms with E-state index in [-0.39, 0.29) is 17.8 Å². The summed E-state index contributed by atoms with van der Waals surface area (Å²) in [5, 5.41) is 23.2. The average Bonchev–Trinajstić information content (AvgIpc) is 3.43. The number of piperazine rings is 1. The molecule has 0 bridgehead atoms. The van der Waals surface area contributed by atoms with Crippen molar-refractivity contribution < 1.29 is 9.18 Å². The molecule has 3 aromatic rings. The molecule has 1 unspecified atom stereocenters. The smallest absolute Gasteiger partial charge is 0.248 e. The number of rotatable bonds is 3. The first-order valence-corrected chi connectivity index (χ1v) is 12.6. The number of hydrogen-bond acceptors (Lipinski definition) is 7. The SMILES string of the molecule is C[C@@H]1C(=O)N(c2cccc(C#N)c2)C2=CNC(Nc3ccc(F)c4[nH]ncc34)=NC2N1C1CCCCC1. The van der Waals surface area contributed by atoms with E-state index in [0.29, 0.717) is 39.5 Å². The summed E-state index contributed by atoms with van der Waals surface area (Å²) in [6.45, 7) is 1.94. The number of halogens is 1. The Balaban J connectivity index is 1.40. The Bertz CT molecular complexity index is 1460. The van der Waals surface area contributed by atoms with Gasteiger partial charge in [0.2, 0.25) is 11.9 Å². The second kappa shape index (κ2) is 9.33. The summed E-state index contributed by atoms with van der Waals surface area (Å²) < 4.78 is 14.2. The topological polar surface area (TPSA) is 112 Å². The number of nitrogens with zero attached hydrogens (tertiary/aromatic N) is 5. The molecule has 2 atom stereocenters. The van der Waals surface area contributed by atoms with E-state index in [9.17, 15) is 14.4 Å². The summed E-state index contributed by atoms with van der Waals surface area (Å²) in [5.74, 6) is 0.0725. The quantitative estimate of drug-likeness (QED) is 0.499. The first-order chi connectivity index (χ1) is 18.0. The van der Waals surface area contributed by atoms with E-state index in [1.165, 1.54) is 12.5 Å². The van der Waals surface area contributed by atoms with E-state index < -0.39 is 12.2 Å². The average molecular weight is 499 g/mol. The molecule has 2 fully saturated rings. The monoisotopic (exact) mass is 498 g/mol. The summed E-state index contributed by atoms with van der Waals surface area (Å²) in [6, 6.07) is 12.1. The second-order valence-corrected chi connectivity index (χ2v) is 9.69. The van der Waals surface area contributed by atoms with Gasteiger partial charge in [0, 0.05) is 17.6 Å². The minimum atomic E-state index is -0.411. The molecule has 0 spiro atoms. The lowest BCUT2D eigenvalue weighted by Gasteiger charge is -2.49. The fourth-order valence-electron chi connectivity index (χ4n) is 5.69. The van der Waals surface area contributed by atoms with Crippen LogP contribution in [0.5, 0.6) is 0 Å². The van der Waals surface area contributed by atoms with Crippen molar-refractivity contribution in [1.29, 1.82) is 5.26 Å². The second-order valence-electron chi connectivity index (χ2n) is 9.69. The predicted molar refractivity (Wildman–Crippen MR) is 139 cm³/mol. The zero-order valence-electron chi connectivity index (χ0n) is 20.4. The zero-order valence-corrected chi connectivity index (χ0v) is 20.4. The van der Waals surface area contributed by atoms with E-state index in [0.717, 1.165) is 25.7 Å². The van der Waals surface area contributed by atoms with Gasteiger partial charge in [-0.05, 0) is 50.1 Å². The maximum Gasteiger partial charge on any atom is 0.248 e. The molecule has 10 heteroatoms. The summed E-state index contributed by atoms with van der Waals surface area (Å²) >= 11 is 0. The Morgan fingerprint density at radius 1 is 1.19 bits per heavy atom. The van der Waals surface area contributed by atoms with Crippen LogP contribution < -0.4 is 15.5 Å². The van der Waals surface area contributed by atoms with Crippen LogP contribution in [0.3, 0.4) is 0 Å². The number of fused-ring (bicyclic) bond motifs is 2.